The van der Waals surface area contributed by atoms with Crippen LogP contribution >= 0.6 is 0 Å². The van der Waals surface area contributed by atoms with E-state index >= 15 is 0 Å². The Morgan fingerprint density at radius 1 is 1.29 bits per heavy atom. The first-order chi connectivity index (χ1) is 16.8. The van der Waals surface area contributed by atoms with Crippen LogP contribution in [0.25, 0.3) is 0 Å². The minimum atomic E-state index is -0.898. The lowest BCUT2D eigenvalue weighted by atomic mass is 9.89. The molecule has 1 unspecified atom stereocenters. The summed E-state index contributed by atoms with van der Waals surface area (Å²) in [4.78, 5) is 24.1. The summed E-state index contributed by atoms with van der Waals surface area (Å²) in [6.45, 7) is 10.9. The zero-order valence-corrected chi connectivity index (χ0v) is 20.5. The van der Waals surface area contributed by atoms with Crippen LogP contribution in [0.3, 0.4) is 0 Å². The van der Waals surface area contributed by atoms with Crippen LogP contribution in [0.1, 0.15) is 56.8 Å². The van der Waals surface area contributed by atoms with Crippen LogP contribution in [0.4, 0.5) is 20.6 Å². The van der Waals surface area contributed by atoms with Gasteiger partial charge in [-0.2, -0.15) is 10.2 Å². The molecule has 3 atom stereocenters. The normalized spacial score (nSPS) is 26.7. The van der Waals surface area contributed by atoms with Gasteiger partial charge in [0.1, 0.15) is 12.2 Å². The molecule has 0 bridgehead atoms. The molecule has 1 aliphatic carbocycles. The first-order valence-corrected chi connectivity index (χ1v) is 12.4. The molecular formula is C25H32FN7O2. The van der Waals surface area contributed by atoms with E-state index in [0.717, 1.165) is 31.9 Å². The van der Waals surface area contributed by atoms with Gasteiger partial charge in [0.2, 0.25) is 5.89 Å². The summed E-state index contributed by atoms with van der Waals surface area (Å²) in [5.74, 6) is 0.578. The van der Waals surface area contributed by atoms with Crippen molar-refractivity contribution in [1.29, 1.82) is 5.26 Å². The van der Waals surface area contributed by atoms with Crippen LogP contribution in [-0.2, 0) is 5.41 Å². The first kappa shape index (κ1) is 23.5. The number of nitrogens with zero attached hydrogens (tertiary/aromatic N) is 6. The third-order valence-corrected chi connectivity index (χ3v) is 7.55. The standard InChI is InChI=1S/C25H32FN7O2/c1-16(2)31-9-11-32(12-10-31)20-6-4-5-17(14-27)21(20)28-24(34)33-8-7-25(3,15-33)23-29-22(35-30-23)18-13-19(18)26/h4-6,16,18-19H,7-13,15H2,1-3H3,(H,28,34)/t18-,19+,25?/m1/s1. The second-order valence-corrected chi connectivity index (χ2v) is 10.4. The van der Waals surface area contributed by atoms with Crippen LogP contribution in [0.2, 0.25) is 0 Å². The van der Waals surface area contributed by atoms with Crippen molar-refractivity contribution < 1.29 is 13.7 Å². The molecular weight excluding hydrogens is 449 g/mol. The molecule has 2 aromatic rings. The molecule has 35 heavy (non-hydrogen) atoms. The number of urea groups is 1. The lowest BCUT2D eigenvalue weighted by Crippen LogP contribution is -2.49. The number of hydrogen-bond donors (Lipinski definition) is 1. The maximum absolute atomic E-state index is 13.4. The maximum atomic E-state index is 13.4. The molecule has 2 amide bonds. The summed E-state index contributed by atoms with van der Waals surface area (Å²) in [6, 6.07) is 8.02. The monoisotopic (exact) mass is 481 g/mol. The van der Waals surface area contributed by atoms with E-state index in [-0.39, 0.29) is 11.9 Å². The van der Waals surface area contributed by atoms with Gasteiger partial charge in [0, 0.05) is 45.3 Å². The van der Waals surface area contributed by atoms with Gasteiger partial charge in [0.05, 0.1) is 28.3 Å². The molecule has 3 heterocycles. The predicted molar refractivity (Wildman–Crippen MR) is 129 cm³/mol. The van der Waals surface area contributed by atoms with E-state index in [9.17, 15) is 14.4 Å². The number of alkyl halides is 1. The summed E-state index contributed by atoms with van der Waals surface area (Å²) in [7, 11) is 0. The number of nitriles is 1. The molecule has 3 fully saturated rings. The van der Waals surface area contributed by atoms with Crippen molar-refractivity contribution in [2.45, 2.75) is 57.2 Å². The molecule has 1 aromatic heterocycles. The molecule has 5 rings (SSSR count). The van der Waals surface area contributed by atoms with Crippen molar-refractivity contribution in [3.63, 3.8) is 0 Å². The van der Waals surface area contributed by atoms with Crippen LogP contribution in [0.5, 0.6) is 0 Å². The summed E-state index contributed by atoms with van der Waals surface area (Å²) >= 11 is 0. The number of rotatable bonds is 5. The second-order valence-electron chi connectivity index (χ2n) is 10.4. The van der Waals surface area contributed by atoms with Crippen molar-refractivity contribution in [3.8, 4) is 6.07 Å². The molecule has 1 N–H and O–H groups in total. The Bertz CT molecular complexity index is 1140. The molecule has 1 aromatic carbocycles. The number of nitrogens with one attached hydrogen (secondary N) is 1. The zero-order chi connectivity index (χ0) is 24.7. The van der Waals surface area contributed by atoms with Gasteiger partial charge in [-0.3, -0.25) is 4.90 Å². The average molecular weight is 482 g/mol. The fourth-order valence-electron chi connectivity index (χ4n) is 5.06. The number of para-hydroxylation sites is 1. The fourth-order valence-corrected chi connectivity index (χ4v) is 5.06. The lowest BCUT2D eigenvalue weighted by molar-refractivity contribution is 0.209. The minimum absolute atomic E-state index is 0.256. The van der Waals surface area contributed by atoms with E-state index in [1.54, 1.807) is 11.0 Å². The Balaban J connectivity index is 1.29. The van der Waals surface area contributed by atoms with Crippen molar-refractivity contribution in [2.24, 2.45) is 0 Å². The van der Waals surface area contributed by atoms with Gasteiger partial charge < -0.3 is 19.6 Å². The summed E-state index contributed by atoms with van der Waals surface area (Å²) < 4.78 is 18.7. The number of halogens is 1. The van der Waals surface area contributed by atoms with Crippen molar-refractivity contribution in [3.05, 3.63) is 35.5 Å². The Labute approximate surface area is 204 Å². The van der Waals surface area contributed by atoms with Gasteiger partial charge >= 0.3 is 6.03 Å². The SMILES string of the molecule is CC(C)N1CCN(c2cccc(C#N)c2NC(=O)N2CCC(C)(c3noc([C@@H]4C[C@@H]4F)n3)C2)CC1. The smallest absolute Gasteiger partial charge is 0.321 e. The average Bonchev–Trinajstić information content (AvgIpc) is 3.23. The Morgan fingerprint density at radius 3 is 2.69 bits per heavy atom. The number of piperazine rings is 1. The third-order valence-electron chi connectivity index (χ3n) is 7.55. The number of benzene rings is 1. The van der Waals surface area contributed by atoms with Crippen LogP contribution in [0.15, 0.2) is 22.7 Å². The maximum Gasteiger partial charge on any atom is 0.321 e. The number of anilines is 2. The van der Waals surface area contributed by atoms with E-state index in [2.05, 4.69) is 45.2 Å². The van der Waals surface area contributed by atoms with E-state index in [4.69, 9.17) is 4.52 Å². The third kappa shape index (κ3) is 4.57. The Kier molecular flexibility index (Phi) is 6.13. The summed E-state index contributed by atoms with van der Waals surface area (Å²) in [5, 5.41) is 16.9. The largest absolute Gasteiger partial charge is 0.367 e. The van der Waals surface area contributed by atoms with Crippen LogP contribution < -0.4 is 10.2 Å². The lowest BCUT2D eigenvalue weighted by Gasteiger charge is -2.39. The highest BCUT2D eigenvalue weighted by Gasteiger charge is 2.46. The highest BCUT2D eigenvalue weighted by Crippen LogP contribution is 2.43. The van der Waals surface area contributed by atoms with Crippen molar-refractivity contribution in [2.75, 3.05) is 49.5 Å². The highest BCUT2D eigenvalue weighted by atomic mass is 19.1. The second kappa shape index (κ2) is 9.11. The van der Waals surface area contributed by atoms with E-state index < -0.39 is 11.6 Å². The van der Waals surface area contributed by atoms with Crippen LogP contribution in [-0.4, -0.2) is 77.5 Å². The van der Waals surface area contributed by atoms with E-state index in [1.807, 2.05) is 19.1 Å². The number of likely N-dealkylation sites (tertiary alicyclic amines) is 1. The highest BCUT2D eigenvalue weighted by molar-refractivity contribution is 5.95. The van der Waals surface area contributed by atoms with Gasteiger partial charge in [0.25, 0.3) is 0 Å². The molecule has 2 saturated heterocycles. The molecule has 3 aliphatic rings. The Hall–Kier alpha value is -3.19. The molecule has 1 saturated carbocycles. The van der Waals surface area contributed by atoms with Gasteiger partial charge in [-0.05, 0) is 38.8 Å². The number of carbonyl (C=O) groups excluding carboxylic acids is 1. The molecule has 2 aliphatic heterocycles. The number of hydrogen-bond acceptors (Lipinski definition) is 7. The zero-order valence-electron chi connectivity index (χ0n) is 20.5. The number of carbonyl (C=O) groups is 1. The van der Waals surface area contributed by atoms with Gasteiger partial charge in [-0.1, -0.05) is 18.1 Å². The first-order valence-electron chi connectivity index (χ1n) is 12.4. The van der Waals surface area contributed by atoms with E-state index in [0.29, 0.717) is 54.9 Å². The minimum Gasteiger partial charge on any atom is -0.367 e. The predicted octanol–water partition coefficient (Wildman–Crippen LogP) is 3.49. The molecule has 186 valence electrons. The molecule has 0 spiro atoms. The Morgan fingerprint density at radius 2 is 2.03 bits per heavy atom. The fraction of sp³-hybridized carbons (Fsp3) is 0.600. The molecule has 0 radical (unpaired) electrons. The van der Waals surface area contributed by atoms with Crippen LogP contribution in [0, 0.1) is 11.3 Å². The molecule has 10 heteroatoms. The summed E-state index contributed by atoms with van der Waals surface area (Å²) in [5.41, 5.74) is 1.40. The van der Waals surface area contributed by atoms with Crippen molar-refractivity contribution in [1.82, 2.24) is 19.9 Å². The summed E-state index contributed by atoms with van der Waals surface area (Å²) in [6.07, 6.45) is 0.206. The molecule has 9 nitrogen and oxygen atoms in total. The van der Waals surface area contributed by atoms with E-state index in [1.165, 1.54) is 0 Å². The quantitative estimate of drug-likeness (QED) is 0.697. The van der Waals surface area contributed by atoms with Gasteiger partial charge in [0.15, 0.2) is 5.82 Å². The van der Waals surface area contributed by atoms with Crippen molar-refractivity contribution >= 4 is 17.4 Å². The van der Waals surface area contributed by atoms with Gasteiger partial charge in [-0.25, -0.2) is 9.18 Å². The number of aromatic nitrogens is 2. The van der Waals surface area contributed by atoms with Gasteiger partial charge in [-0.15, -0.1) is 0 Å². The topological polar surface area (TPSA) is 102 Å². The number of amides is 2.